The number of hydrogen-bond donors (Lipinski definition) is 2. The first kappa shape index (κ1) is 15.3. The van der Waals surface area contributed by atoms with Crippen molar-refractivity contribution in [1.82, 2.24) is 25.5 Å². The van der Waals surface area contributed by atoms with Gasteiger partial charge in [0.15, 0.2) is 0 Å². The third kappa shape index (κ3) is 3.42. The Morgan fingerprint density at radius 3 is 2.61 bits per heavy atom. The lowest BCUT2D eigenvalue weighted by Gasteiger charge is -2.06. The minimum absolute atomic E-state index is 0.149. The van der Waals surface area contributed by atoms with E-state index in [0.29, 0.717) is 23.7 Å². The molecule has 0 atom stereocenters. The van der Waals surface area contributed by atoms with Gasteiger partial charge in [0, 0.05) is 18.5 Å². The van der Waals surface area contributed by atoms with E-state index >= 15 is 0 Å². The molecule has 0 saturated heterocycles. The third-order valence-corrected chi connectivity index (χ3v) is 4.26. The van der Waals surface area contributed by atoms with Crippen LogP contribution in [0.2, 0.25) is 0 Å². The van der Waals surface area contributed by atoms with Gasteiger partial charge in [-0.25, -0.2) is 9.97 Å². The van der Waals surface area contributed by atoms with Crippen LogP contribution in [0.25, 0.3) is 11.0 Å². The average Bonchev–Trinajstić information content (AvgIpc) is 2.93. The minimum atomic E-state index is -0.149. The summed E-state index contributed by atoms with van der Waals surface area (Å²) in [4.78, 5) is 21.2. The van der Waals surface area contributed by atoms with Gasteiger partial charge in [-0.05, 0) is 32.0 Å². The van der Waals surface area contributed by atoms with E-state index in [1.807, 2.05) is 19.9 Å². The number of nitrogens with zero attached hydrogens (tertiary/aromatic N) is 4. The first-order chi connectivity index (χ1) is 11.0. The minimum Gasteiger partial charge on any atom is -0.374 e. The summed E-state index contributed by atoms with van der Waals surface area (Å²) in [6.07, 6.45) is 0.603. The fourth-order valence-corrected chi connectivity index (χ4v) is 2.73. The van der Waals surface area contributed by atoms with E-state index in [1.54, 1.807) is 12.1 Å². The van der Waals surface area contributed by atoms with Gasteiger partial charge < -0.3 is 11.1 Å². The van der Waals surface area contributed by atoms with Crippen LogP contribution in [-0.2, 0) is 6.42 Å². The second kappa shape index (κ2) is 6.25. The summed E-state index contributed by atoms with van der Waals surface area (Å²) in [7, 11) is 0. The molecule has 8 heteroatoms. The molecule has 1 aromatic carbocycles. The molecule has 0 fully saturated rings. The Bertz CT molecular complexity index is 876. The summed E-state index contributed by atoms with van der Waals surface area (Å²) in [6.45, 7) is 4.30. The highest BCUT2D eigenvalue weighted by Crippen LogP contribution is 2.15. The van der Waals surface area contributed by atoms with Gasteiger partial charge in [-0.2, -0.15) is 0 Å². The normalized spacial score (nSPS) is 10.9. The molecule has 118 valence electrons. The van der Waals surface area contributed by atoms with Gasteiger partial charge in [0.1, 0.15) is 5.01 Å². The smallest absolute Gasteiger partial charge is 0.251 e. The zero-order valence-corrected chi connectivity index (χ0v) is 13.6. The lowest BCUT2D eigenvalue weighted by molar-refractivity contribution is 0.0954. The van der Waals surface area contributed by atoms with Crippen molar-refractivity contribution in [2.24, 2.45) is 0 Å². The molecule has 0 radical (unpaired) electrons. The maximum Gasteiger partial charge on any atom is 0.251 e. The Balaban J connectivity index is 1.69. The summed E-state index contributed by atoms with van der Waals surface area (Å²) >= 11 is 1.33. The predicted molar refractivity (Wildman–Crippen MR) is 89.4 cm³/mol. The number of nitrogen functional groups attached to an aromatic ring is 1. The second-order valence-electron chi connectivity index (χ2n) is 5.14. The molecule has 0 bridgehead atoms. The van der Waals surface area contributed by atoms with Crippen LogP contribution in [0.3, 0.4) is 0 Å². The number of amides is 1. The molecule has 0 aliphatic carbocycles. The van der Waals surface area contributed by atoms with Gasteiger partial charge >= 0.3 is 0 Å². The Morgan fingerprint density at radius 1 is 1.17 bits per heavy atom. The van der Waals surface area contributed by atoms with Crippen LogP contribution < -0.4 is 11.1 Å². The quantitative estimate of drug-likeness (QED) is 0.754. The standard InChI is InChI=1S/C15H16N6OS/c1-8-9(2)19-12-7-10(3-4-11(12)18-8)14(22)17-6-5-13-20-21-15(16)23-13/h3-4,7H,5-6H2,1-2H3,(H2,16,21)(H,17,22). The molecule has 3 aromatic rings. The molecule has 0 aliphatic rings. The number of fused-ring (bicyclic) bond motifs is 1. The van der Waals surface area contributed by atoms with Gasteiger partial charge in [-0.3, -0.25) is 4.79 Å². The molecular weight excluding hydrogens is 312 g/mol. The number of carbonyl (C=O) groups excluding carboxylic acids is 1. The molecule has 0 spiro atoms. The molecule has 2 heterocycles. The average molecular weight is 328 g/mol. The molecule has 0 aliphatic heterocycles. The fourth-order valence-electron chi connectivity index (χ4n) is 2.12. The number of hydrogen-bond acceptors (Lipinski definition) is 7. The number of rotatable bonds is 4. The number of carbonyl (C=O) groups is 1. The molecule has 2 aromatic heterocycles. The molecule has 3 rings (SSSR count). The second-order valence-corrected chi connectivity index (χ2v) is 6.23. The maximum atomic E-state index is 12.2. The first-order valence-corrected chi connectivity index (χ1v) is 7.95. The molecular formula is C15H16N6OS. The van der Waals surface area contributed by atoms with Crippen molar-refractivity contribution in [2.75, 3.05) is 12.3 Å². The van der Waals surface area contributed by atoms with Gasteiger partial charge in [-0.1, -0.05) is 11.3 Å². The number of benzene rings is 1. The topological polar surface area (TPSA) is 107 Å². The Labute approximate surface area is 137 Å². The van der Waals surface area contributed by atoms with E-state index in [9.17, 15) is 4.79 Å². The van der Waals surface area contributed by atoms with E-state index < -0.39 is 0 Å². The van der Waals surface area contributed by atoms with Crippen molar-refractivity contribution >= 4 is 33.4 Å². The Kier molecular flexibility index (Phi) is 4.16. The lowest BCUT2D eigenvalue weighted by atomic mass is 10.1. The molecule has 23 heavy (non-hydrogen) atoms. The van der Waals surface area contributed by atoms with Gasteiger partial charge in [0.2, 0.25) is 5.13 Å². The van der Waals surface area contributed by atoms with E-state index in [2.05, 4.69) is 25.5 Å². The summed E-state index contributed by atoms with van der Waals surface area (Å²) in [5.74, 6) is -0.149. The Hall–Kier alpha value is -2.61. The van der Waals surface area contributed by atoms with E-state index in [-0.39, 0.29) is 5.91 Å². The van der Waals surface area contributed by atoms with E-state index in [4.69, 9.17) is 5.73 Å². The number of nitrogens with two attached hydrogens (primary N) is 1. The molecule has 1 amide bonds. The maximum absolute atomic E-state index is 12.2. The lowest BCUT2D eigenvalue weighted by Crippen LogP contribution is -2.25. The largest absolute Gasteiger partial charge is 0.374 e. The number of aromatic nitrogens is 4. The zero-order valence-electron chi connectivity index (χ0n) is 12.8. The van der Waals surface area contributed by atoms with Crippen LogP contribution in [0, 0.1) is 13.8 Å². The highest BCUT2D eigenvalue weighted by molar-refractivity contribution is 7.15. The van der Waals surface area contributed by atoms with Crippen molar-refractivity contribution in [3.05, 3.63) is 40.2 Å². The monoisotopic (exact) mass is 328 g/mol. The zero-order chi connectivity index (χ0) is 16.4. The fraction of sp³-hybridized carbons (Fsp3) is 0.267. The summed E-state index contributed by atoms with van der Waals surface area (Å²) in [5, 5.41) is 11.8. The van der Waals surface area contributed by atoms with Crippen LogP contribution in [-0.4, -0.2) is 32.6 Å². The predicted octanol–water partition coefficient (Wildman–Crippen LogP) is 1.65. The van der Waals surface area contributed by atoms with Gasteiger partial charge in [-0.15, -0.1) is 10.2 Å². The van der Waals surface area contributed by atoms with Crippen LogP contribution in [0.4, 0.5) is 5.13 Å². The summed E-state index contributed by atoms with van der Waals surface area (Å²) < 4.78 is 0. The third-order valence-electron chi connectivity index (χ3n) is 3.44. The van der Waals surface area contributed by atoms with Crippen LogP contribution in [0.1, 0.15) is 26.8 Å². The number of nitrogens with one attached hydrogen (secondary N) is 1. The van der Waals surface area contributed by atoms with Gasteiger partial charge in [0.05, 0.1) is 22.4 Å². The van der Waals surface area contributed by atoms with Gasteiger partial charge in [0.25, 0.3) is 5.91 Å². The number of aryl methyl sites for hydroxylation is 2. The van der Waals surface area contributed by atoms with Crippen LogP contribution in [0.5, 0.6) is 0 Å². The highest BCUT2D eigenvalue weighted by atomic mass is 32.1. The van der Waals surface area contributed by atoms with Crippen molar-refractivity contribution < 1.29 is 4.79 Å². The van der Waals surface area contributed by atoms with Crippen molar-refractivity contribution in [3.8, 4) is 0 Å². The van der Waals surface area contributed by atoms with Crippen LogP contribution in [0.15, 0.2) is 18.2 Å². The molecule has 3 N–H and O–H groups in total. The SMILES string of the molecule is Cc1nc2ccc(C(=O)NCCc3nnc(N)s3)cc2nc1C. The van der Waals surface area contributed by atoms with E-state index in [1.165, 1.54) is 11.3 Å². The Morgan fingerprint density at radius 2 is 1.91 bits per heavy atom. The highest BCUT2D eigenvalue weighted by Gasteiger charge is 2.09. The summed E-state index contributed by atoms with van der Waals surface area (Å²) in [6, 6.07) is 5.33. The molecule has 7 nitrogen and oxygen atoms in total. The van der Waals surface area contributed by atoms with Crippen LogP contribution >= 0.6 is 11.3 Å². The van der Waals surface area contributed by atoms with E-state index in [0.717, 1.165) is 27.4 Å². The molecule has 0 unspecified atom stereocenters. The first-order valence-electron chi connectivity index (χ1n) is 7.14. The van der Waals surface area contributed by atoms with Crippen molar-refractivity contribution in [1.29, 1.82) is 0 Å². The molecule has 0 saturated carbocycles. The number of anilines is 1. The van der Waals surface area contributed by atoms with Crippen molar-refractivity contribution in [2.45, 2.75) is 20.3 Å². The van der Waals surface area contributed by atoms with Crippen molar-refractivity contribution in [3.63, 3.8) is 0 Å². The summed E-state index contributed by atoms with van der Waals surface area (Å²) in [5.41, 5.74) is 9.35.